The zero-order chi connectivity index (χ0) is 12.6. The van der Waals surface area contributed by atoms with Crippen molar-refractivity contribution in [2.75, 3.05) is 0 Å². The molecule has 1 fully saturated rings. The number of imide groups is 1. The van der Waals surface area contributed by atoms with Crippen LogP contribution in [0.3, 0.4) is 0 Å². The summed E-state index contributed by atoms with van der Waals surface area (Å²) in [7, 11) is 0. The third kappa shape index (κ3) is 2.49. The Balaban J connectivity index is 2.88. The van der Waals surface area contributed by atoms with Crippen LogP contribution in [0.2, 0.25) is 0 Å². The van der Waals surface area contributed by atoms with Crippen LogP contribution in [-0.4, -0.2) is 28.5 Å². The smallest absolute Gasteiger partial charge is 0.230 e. The minimum absolute atomic E-state index is 0.128. The maximum Gasteiger partial charge on any atom is 0.230 e. The highest BCUT2D eigenvalue weighted by molar-refractivity contribution is 6.02. The highest BCUT2D eigenvalue weighted by Gasteiger charge is 2.42. The molecule has 4 nitrogen and oxygen atoms in total. The molecule has 1 heterocycles. The summed E-state index contributed by atoms with van der Waals surface area (Å²) in [5.41, 5.74) is -1.11. The van der Waals surface area contributed by atoms with Gasteiger partial charge in [-0.3, -0.25) is 14.5 Å². The average Bonchev–Trinajstić information content (AvgIpc) is 2.44. The number of nitrogens with zero attached hydrogens (tertiary/aromatic N) is 1. The van der Waals surface area contributed by atoms with E-state index in [0.717, 1.165) is 6.29 Å². The predicted octanol–water partition coefficient (Wildman–Crippen LogP) is 1.53. The molecule has 0 bridgehead atoms. The van der Waals surface area contributed by atoms with Crippen molar-refractivity contribution < 1.29 is 14.4 Å². The van der Waals surface area contributed by atoms with Crippen LogP contribution in [0.15, 0.2) is 0 Å². The molecule has 0 spiro atoms. The first-order valence-corrected chi connectivity index (χ1v) is 5.52. The molecule has 0 aromatic carbocycles. The average molecular weight is 225 g/mol. The molecule has 4 heteroatoms. The Bertz CT molecular complexity index is 315. The molecule has 0 radical (unpaired) electrons. The first-order valence-electron chi connectivity index (χ1n) is 5.52. The van der Waals surface area contributed by atoms with Crippen LogP contribution >= 0.6 is 0 Å². The van der Waals surface area contributed by atoms with Crippen molar-refractivity contribution in [3.05, 3.63) is 0 Å². The van der Waals surface area contributed by atoms with Crippen molar-refractivity contribution in [1.82, 2.24) is 4.90 Å². The molecule has 0 aromatic heterocycles. The lowest BCUT2D eigenvalue weighted by Crippen LogP contribution is -2.49. The molecule has 1 saturated heterocycles. The van der Waals surface area contributed by atoms with Gasteiger partial charge in [0.15, 0.2) is 0 Å². The van der Waals surface area contributed by atoms with Gasteiger partial charge in [-0.15, -0.1) is 0 Å². The van der Waals surface area contributed by atoms with E-state index in [1.54, 1.807) is 0 Å². The molecule has 1 aliphatic rings. The Morgan fingerprint density at radius 3 is 1.94 bits per heavy atom. The molecule has 16 heavy (non-hydrogen) atoms. The SMILES string of the molecule is CC(C)(C=O)CC(C)(C)N1C(=O)CCC1=O. The van der Waals surface area contributed by atoms with Crippen molar-refractivity contribution in [3.8, 4) is 0 Å². The van der Waals surface area contributed by atoms with Crippen molar-refractivity contribution in [2.45, 2.75) is 52.5 Å². The van der Waals surface area contributed by atoms with Crippen LogP contribution in [0, 0.1) is 5.41 Å². The fourth-order valence-corrected chi connectivity index (χ4v) is 2.49. The second-order valence-electron chi connectivity index (χ2n) is 5.72. The van der Waals surface area contributed by atoms with Gasteiger partial charge in [-0.25, -0.2) is 0 Å². The monoisotopic (exact) mass is 225 g/mol. The van der Waals surface area contributed by atoms with Crippen molar-refractivity contribution in [1.29, 1.82) is 0 Å². The summed E-state index contributed by atoms with van der Waals surface area (Å²) in [5.74, 6) is -0.256. The summed E-state index contributed by atoms with van der Waals surface area (Å²) in [6.07, 6.45) is 1.95. The summed E-state index contributed by atoms with van der Waals surface area (Å²) in [4.78, 5) is 35.5. The molecule has 0 N–H and O–H groups in total. The number of likely N-dealkylation sites (tertiary alicyclic amines) is 1. The number of hydrogen-bond donors (Lipinski definition) is 0. The quantitative estimate of drug-likeness (QED) is 0.538. The summed E-state index contributed by atoms with van der Waals surface area (Å²) in [5, 5.41) is 0. The van der Waals surface area contributed by atoms with E-state index in [4.69, 9.17) is 0 Å². The molecular formula is C12H19NO3. The van der Waals surface area contributed by atoms with Gasteiger partial charge in [-0.1, -0.05) is 13.8 Å². The van der Waals surface area contributed by atoms with E-state index in [-0.39, 0.29) is 11.8 Å². The Morgan fingerprint density at radius 1 is 1.12 bits per heavy atom. The van der Waals surface area contributed by atoms with E-state index < -0.39 is 11.0 Å². The molecule has 0 atom stereocenters. The van der Waals surface area contributed by atoms with Gasteiger partial charge in [-0.2, -0.15) is 0 Å². The van der Waals surface area contributed by atoms with Gasteiger partial charge in [0.2, 0.25) is 11.8 Å². The highest BCUT2D eigenvalue weighted by Crippen LogP contribution is 2.33. The number of aldehydes is 1. The van der Waals surface area contributed by atoms with Crippen LogP contribution in [0.1, 0.15) is 47.0 Å². The molecule has 1 rings (SSSR count). The van der Waals surface area contributed by atoms with Crippen molar-refractivity contribution in [2.24, 2.45) is 5.41 Å². The largest absolute Gasteiger partial charge is 0.303 e. The lowest BCUT2D eigenvalue weighted by atomic mass is 9.80. The first kappa shape index (κ1) is 12.9. The molecule has 0 aliphatic carbocycles. The van der Waals surface area contributed by atoms with Gasteiger partial charge in [0, 0.05) is 23.8 Å². The van der Waals surface area contributed by atoms with Crippen LogP contribution < -0.4 is 0 Å². The van der Waals surface area contributed by atoms with Crippen molar-refractivity contribution in [3.63, 3.8) is 0 Å². The van der Waals surface area contributed by atoms with Gasteiger partial charge < -0.3 is 4.79 Å². The maximum atomic E-state index is 11.6. The lowest BCUT2D eigenvalue weighted by molar-refractivity contribution is -0.146. The molecule has 0 aromatic rings. The van der Waals surface area contributed by atoms with Gasteiger partial charge in [0.1, 0.15) is 6.29 Å². The Kier molecular flexibility index (Phi) is 3.22. The zero-order valence-corrected chi connectivity index (χ0v) is 10.4. The lowest BCUT2D eigenvalue weighted by Gasteiger charge is -2.38. The van der Waals surface area contributed by atoms with Gasteiger partial charge in [0.25, 0.3) is 0 Å². The zero-order valence-electron chi connectivity index (χ0n) is 10.4. The number of carbonyl (C=O) groups is 3. The Morgan fingerprint density at radius 2 is 1.56 bits per heavy atom. The number of hydrogen-bond acceptors (Lipinski definition) is 3. The van der Waals surface area contributed by atoms with E-state index in [9.17, 15) is 14.4 Å². The standard InChI is InChI=1S/C12H19NO3/c1-11(2,8-14)7-12(3,4)13-9(15)5-6-10(13)16/h8H,5-7H2,1-4H3. The topological polar surface area (TPSA) is 54.5 Å². The minimum Gasteiger partial charge on any atom is -0.303 e. The van der Waals surface area contributed by atoms with E-state index in [1.807, 2.05) is 27.7 Å². The van der Waals surface area contributed by atoms with Crippen LogP contribution in [0.4, 0.5) is 0 Å². The summed E-state index contributed by atoms with van der Waals surface area (Å²) < 4.78 is 0. The number of carbonyl (C=O) groups excluding carboxylic acids is 3. The fourth-order valence-electron chi connectivity index (χ4n) is 2.49. The van der Waals surface area contributed by atoms with Crippen molar-refractivity contribution >= 4 is 18.1 Å². The van der Waals surface area contributed by atoms with Gasteiger partial charge >= 0.3 is 0 Å². The summed E-state index contributed by atoms with van der Waals surface area (Å²) >= 11 is 0. The highest BCUT2D eigenvalue weighted by atomic mass is 16.2. The van der Waals surface area contributed by atoms with E-state index in [0.29, 0.717) is 19.3 Å². The van der Waals surface area contributed by atoms with Crippen LogP contribution in [0.25, 0.3) is 0 Å². The molecular weight excluding hydrogens is 206 g/mol. The Hall–Kier alpha value is -1.19. The number of amides is 2. The third-order valence-electron chi connectivity index (χ3n) is 2.86. The van der Waals surface area contributed by atoms with E-state index in [2.05, 4.69) is 0 Å². The predicted molar refractivity (Wildman–Crippen MR) is 59.6 cm³/mol. The minimum atomic E-state index is -0.588. The van der Waals surface area contributed by atoms with Crippen LogP contribution in [0.5, 0.6) is 0 Å². The summed E-state index contributed by atoms with van der Waals surface area (Å²) in [6, 6.07) is 0. The molecule has 1 aliphatic heterocycles. The number of rotatable bonds is 4. The van der Waals surface area contributed by atoms with Gasteiger partial charge in [-0.05, 0) is 20.3 Å². The van der Waals surface area contributed by atoms with E-state index in [1.165, 1.54) is 4.90 Å². The van der Waals surface area contributed by atoms with Crippen LogP contribution in [-0.2, 0) is 14.4 Å². The fraction of sp³-hybridized carbons (Fsp3) is 0.750. The molecule has 2 amide bonds. The molecule has 0 unspecified atom stereocenters. The first-order chi connectivity index (χ1) is 7.19. The second kappa shape index (κ2) is 4.00. The summed E-state index contributed by atoms with van der Waals surface area (Å²) in [6.45, 7) is 7.29. The molecule has 90 valence electrons. The van der Waals surface area contributed by atoms with Gasteiger partial charge in [0.05, 0.1) is 0 Å². The normalized spacial score (nSPS) is 18.1. The maximum absolute atomic E-state index is 11.6. The third-order valence-corrected chi connectivity index (χ3v) is 2.86. The molecule has 0 saturated carbocycles. The Labute approximate surface area is 96.0 Å². The van der Waals surface area contributed by atoms with E-state index >= 15 is 0 Å². The second-order valence-corrected chi connectivity index (χ2v) is 5.72.